The molecule has 144 valence electrons. The van der Waals surface area contributed by atoms with Crippen LogP contribution in [0.2, 0.25) is 5.02 Å². The lowest BCUT2D eigenvalue weighted by atomic mass is 10.1. The summed E-state index contributed by atoms with van der Waals surface area (Å²) in [5.74, 6) is 1.87. The monoisotopic (exact) mass is 390 g/mol. The summed E-state index contributed by atoms with van der Waals surface area (Å²) in [5.41, 5.74) is 0.828. The van der Waals surface area contributed by atoms with Gasteiger partial charge in [0.1, 0.15) is 28.7 Å². The average Bonchev–Trinajstić information content (AvgIpc) is 2.70. The first-order valence-corrected chi connectivity index (χ1v) is 9.35. The lowest BCUT2D eigenvalue weighted by Gasteiger charge is -2.32. The summed E-state index contributed by atoms with van der Waals surface area (Å²) in [7, 11) is 1.59. The Morgan fingerprint density at radius 2 is 1.89 bits per heavy atom. The summed E-state index contributed by atoms with van der Waals surface area (Å²) in [6, 6.07) is 7.15. The molecule has 0 radical (unpaired) electrons. The summed E-state index contributed by atoms with van der Waals surface area (Å²) >= 11 is 6.34. The van der Waals surface area contributed by atoms with E-state index in [1.165, 1.54) is 6.33 Å². The highest BCUT2D eigenvalue weighted by Crippen LogP contribution is 2.25. The molecular weight excluding hydrogens is 368 g/mol. The quantitative estimate of drug-likeness (QED) is 0.837. The first-order valence-electron chi connectivity index (χ1n) is 8.97. The third kappa shape index (κ3) is 4.80. The van der Waals surface area contributed by atoms with Crippen LogP contribution in [0, 0.1) is 0 Å². The molecule has 1 amide bonds. The van der Waals surface area contributed by atoms with Crippen LogP contribution in [0.3, 0.4) is 0 Å². The number of aryl methyl sites for hydroxylation is 1. The summed E-state index contributed by atoms with van der Waals surface area (Å²) in [6.07, 6.45) is 3.52. The number of benzene rings is 1. The van der Waals surface area contributed by atoms with Gasteiger partial charge in [-0.3, -0.25) is 0 Å². The zero-order chi connectivity index (χ0) is 19.2. The van der Waals surface area contributed by atoms with E-state index in [4.69, 9.17) is 21.1 Å². The fourth-order valence-electron chi connectivity index (χ4n) is 2.96. The number of carbonyl (C=O) groups excluding carboxylic acids is 1. The summed E-state index contributed by atoms with van der Waals surface area (Å²) < 4.78 is 10.5. The molecule has 8 heteroatoms. The molecule has 1 aliphatic heterocycles. The van der Waals surface area contributed by atoms with Crippen LogP contribution < -0.4 is 14.8 Å². The summed E-state index contributed by atoms with van der Waals surface area (Å²) in [6.45, 7) is 3.22. The van der Waals surface area contributed by atoms with E-state index >= 15 is 0 Å². The van der Waals surface area contributed by atoms with Gasteiger partial charge in [-0.05, 0) is 43.5 Å². The molecule has 2 heterocycles. The number of nitrogens with one attached hydrogen (secondary N) is 1. The van der Waals surface area contributed by atoms with E-state index in [1.807, 2.05) is 6.92 Å². The van der Waals surface area contributed by atoms with Crippen LogP contribution in [0.25, 0.3) is 0 Å². The number of methoxy groups -OCH3 is 1. The summed E-state index contributed by atoms with van der Waals surface area (Å²) in [5, 5.41) is 3.94. The molecule has 1 aliphatic rings. The number of hydrogen-bond donors (Lipinski definition) is 1. The molecule has 1 aromatic heterocycles. The highest BCUT2D eigenvalue weighted by molar-refractivity contribution is 6.33. The van der Waals surface area contributed by atoms with E-state index < -0.39 is 0 Å². The van der Waals surface area contributed by atoms with Crippen molar-refractivity contribution in [1.29, 1.82) is 0 Å². The number of amides is 1. The third-order valence-electron chi connectivity index (χ3n) is 4.56. The Bertz CT molecular complexity index is 777. The Labute approximate surface area is 163 Å². The van der Waals surface area contributed by atoms with Gasteiger partial charge in [0.15, 0.2) is 0 Å². The highest BCUT2D eigenvalue weighted by Gasteiger charge is 2.25. The number of piperidine rings is 1. The molecule has 3 rings (SSSR count). The second kappa shape index (κ2) is 8.90. The van der Waals surface area contributed by atoms with Crippen molar-refractivity contribution in [2.75, 3.05) is 25.5 Å². The largest absolute Gasteiger partial charge is 0.497 e. The van der Waals surface area contributed by atoms with Crippen molar-refractivity contribution < 1.29 is 14.3 Å². The van der Waals surface area contributed by atoms with Crippen LogP contribution in [0.4, 0.5) is 10.6 Å². The molecule has 0 atom stereocenters. The van der Waals surface area contributed by atoms with Crippen molar-refractivity contribution in [1.82, 2.24) is 14.9 Å². The molecule has 27 heavy (non-hydrogen) atoms. The normalized spacial score (nSPS) is 14.7. The molecule has 0 unspecified atom stereocenters. The maximum Gasteiger partial charge on any atom is 0.415 e. The first kappa shape index (κ1) is 19.2. The third-order valence-corrected chi connectivity index (χ3v) is 4.95. The van der Waals surface area contributed by atoms with Gasteiger partial charge in [-0.2, -0.15) is 0 Å². The summed E-state index contributed by atoms with van der Waals surface area (Å²) in [4.78, 5) is 22.5. The first-order chi connectivity index (χ1) is 13.1. The lowest BCUT2D eigenvalue weighted by Crippen LogP contribution is -2.43. The molecule has 0 saturated carbocycles. The van der Waals surface area contributed by atoms with Gasteiger partial charge >= 0.3 is 6.09 Å². The van der Waals surface area contributed by atoms with Gasteiger partial charge in [-0.25, -0.2) is 14.8 Å². The standard InChI is InChI=1S/C19H23ClN4O3/c1-3-16-17(20)18(22-12-21-16)23-13-8-10-24(11-9-13)19(25)27-15-6-4-14(26-2)5-7-15/h4-7,12-13H,3,8-11H2,1-2H3,(H,21,22,23). The molecule has 1 saturated heterocycles. The SMILES string of the molecule is CCc1ncnc(NC2CCN(C(=O)Oc3ccc(OC)cc3)CC2)c1Cl. The minimum absolute atomic E-state index is 0.201. The van der Waals surface area contributed by atoms with Crippen molar-refractivity contribution in [2.45, 2.75) is 32.2 Å². The van der Waals surface area contributed by atoms with Crippen molar-refractivity contribution in [3.8, 4) is 11.5 Å². The van der Waals surface area contributed by atoms with E-state index in [-0.39, 0.29) is 12.1 Å². The predicted molar refractivity (Wildman–Crippen MR) is 104 cm³/mol. The van der Waals surface area contributed by atoms with E-state index in [2.05, 4.69) is 15.3 Å². The molecule has 1 aromatic carbocycles. The van der Waals surface area contributed by atoms with Crippen LogP contribution in [0.1, 0.15) is 25.5 Å². The van der Waals surface area contributed by atoms with Gasteiger partial charge in [0, 0.05) is 19.1 Å². The maximum absolute atomic E-state index is 12.3. The number of carbonyl (C=O) groups is 1. The van der Waals surface area contributed by atoms with E-state index in [0.717, 1.165) is 30.7 Å². The fourth-order valence-corrected chi connectivity index (χ4v) is 3.25. The second-order valence-corrected chi connectivity index (χ2v) is 6.66. The van der Waals surface area contributed by atoms with Crippen molar-refractivity contribution in [3.05, 3.63) is 41.3 Å². The zero-order valence-electron chi connectivity index (χ0n) is 15.4. The Morgan fingerprint density at radius 1 is 1.22 bits per heavy atom. The fraction of sp³-hybridized carbons (Fsp3) is 0.421. The smallest absolute Gasteiger partial charge is 0.415 e. The van der Waals surface area contributed by atoms with Crippen molar-refractivity contribution in [2.24, 2.45) is 0 Å². The molecule has 7 nitrogen and oxygen atoms in total. The number of aromatic nitrogens is 2. The van der Waals surface area contributed by atoms with Gasteiger partial charge in [0.25, 0.3) is 0 Å². The number of anilines is 1. The Kier molecular flexibility index (Phi) is 6.34. The van der Waals surface area contributed by atoms with Crippen LogP contribution in [0.5, 0.6) is 11.5 Å². The number of nitrogens with zero attached hydrogens (tertiary/aromatic N) is 3. The molecule has 1 N–H and O–H groups in total. The van der Waals surface area contributed by atoms with Crippen LogP contribution >= 0.6 is 11.6 Å². The predicted octanol–water partition coefficient (Wildman–Crippen LogP) is 3.78. The molecule has 0 spiro atoms. The highest BCUT2D eigenvalue weighted by atomic mass is 35.5. The van der Waals surface area contributed by atoms with Gasteiger partial charge in [-0.1, -0.05) is 18.5 Å². The van der Waals surface area contributed by atoms with E-state index in [1.54, 1.807) is 36.3 Å². The molecule has 0 bridgehead atoms. The van der Waals surface area contributed by atoms with Crippen LogP contribution in [0.15, 0.2) is 30.6 Å². The molecule has 2 aromatic rings. The molecule has 0 aliphatic carbocycles. The minimum Gasteiger partial charge on any atom is -0.497 e. The minimum atomic E-state index is -0.341. The molecule has 1 fully saturated rings. The lowest BCUT2D eigenvalue weighted by molar-refractivity contribution is 0.140. The maximum atomic E-state index is 12.3. The van der Waals surface area contributed by atoms with Crippen LogP contribution in [-0.4, -0.2) is 47.2 Å². The Balaban J connectivity index is 1.51. The number of rotatable bonds is 5. The molecular formula is C19H23ClN4O3. The number of ether oxygens (including phenoxy) is 2. The van der Waals surface area contributed by atoms with Gasteiger partial charge < -0.3 is 19.7 Å². The average molecular weight is 391 g/mol. The van der Waals surface area contributed by atoms with Gasteiger partial charge in [-0.15, -0.1) is 0 Å². The second-order valence-electron chi connectivity index (χ2n) is 6.29. The Hall–Kier alpha value is -2.54. The number of likely N-dealkylation sites (tertiary alicyclic amines) is 1. The number of halogens is 1. The van der Waals surface area contributed by atoms with Gasteiger partial charge in [0.2, 0.25) is 0 Å². The number of hydrogen-bond acceptors (Lipinski definition) is 6. The topological polar surface area (TPSA) is 76.6 Å². The van der Waals surface area contributed by atoms with E-state index in [0.29, 0.717) is 29.7 Å². The zero-order valence-corrected chi connectivity index (χ0v) is 16.2. The Morgan fingerprint density at radius 3 is 2.52 bits per heavy atom. The van der Waals surface area contributed by atoms with Crippen molar-refractivity contribution in [3.63, 3.8) is 0 Å². The van der Waals surface area contributed by atoms with Crippen LogP contribution in [-0.2, 0) is 6.42 Å². The van der Waals surface area contributed by atoms with Crippen molar-refractivity contribution >= 4 is 23.5 Å². The van der Waals surface area contributed by atoms with Gasteiger partial charge in [0.05, 0.1) is 12.8 Å². The van der Waals surface area contributed by atoms with E-state index in [9.17, 15) is 4.79 Å².